The van der Waals surface area contributed by atoms with Gasteiger partial charge in [0, 0.05) is 11.5 Å². The summed E-state index contributed by atoms with van der Waals surface area (Å²) in [5.74, 6) is 0.0800. The second-order valence-electron chi connectivity index (χ2n) is 4.21. The molecule has 0 aliphatic heterocycles. The van der Waals surface area contributed by atoms with E-state index >= 15 is 0 Å². The van der Waals surface area contributed by atoms with Crippen LogP contribution < -0.4 is 17.2 Å². The largest absolute Gasteiger partial charge is 0.387 e. The summed E-state index contributed by atoms with van der Waals surface area (Å²) in [6, 6.07) is 7.77. The molecule has 0 heterocycles. The fourth-order valence-corrected chi connectivity index (χ4v) is 2.18. The SMILES string of the molecule is N=C(N)C1CC/C(=N/N=C(N)N)c2ccccc21. The van der Waals surface area contributed by atoms with Crippen molar-refractivity contribution in [2.24, 2.45) is 27.4 Å². The molecule has 0 fully saturated rings. The fourth-order valence-electron chi connectivity index (χ4n) is 2.18. The molecule has 1 aromatic carbocycles. The van der Waals surface area contributed by atoms with Crippen molar-refractivity contribution in [1.29, 1.82) is 5.41 Å². The third-order valence-electron chi connectivity index (χ3n) is 2.98. The average Bonchev–Trinajstić information content (AvgIpc) is 2.35. The zero-order chi connectivity index (χ0) is 13.1. The normalized spacial score (nSPS) is 20.2. The van der Waals surface area contributed by atoms with Crippen molar-refractivity contribution in [3.63, 3.8) is 0 Å². The second-order valence-corrected chi connectivity index (χ2v) is 4.21. The maximum Gasteiger partial charge on any atom is 0.211 e. The van der Waals surface area contributed by atoms with Crippen LogP contribution >= 0.6 is 0 Å². The summed E-state index contributed by atoms with van der Waals surface area (Å²) in [6.07, 6.45) is 1.46. The van der Waals surface area contributed by atoms with E-state index in [1.807, 2.05) is 24.3 Å². The van der Waals surface area contributed by atoms with Crippen molar-refractivity contribution in [3.8, 4) is 0 Å². The molecule has 1 aliphatic rings. The number of benzene rings is 1. The number of guanidine groups is 1. The third-order valence-corrected chi connectivity index (χ3v) is 2.98. The van der Waals surface area contributed by atoms with Crippen molar-refractivity contribution < 1.29 is 0 Å². The molecule has 0 saturated heterocycles. The van der Waals surface area contributed by atoms with Gasteiger partial charge in [-0.15, -0.1) is 5.10 Å². The number of fused-ring (bicyclic) bond motifs is 1. The number of nitrogens with two attached hydrogens (primary N) is 3. The monoisotopic (exact) mass is 244 g/mol. The molecule has 1 unspecified atom stereocenters. The maximum absolute atomic E-state index is 7.63. The van der Waals surface area contributed by atoms with Crippen LogP contribution in [0.2, 0.25) is 0 Å². The van der Waals surface area contributed by atoms with Gasteiger partial charge in [-0.3, -0.25) is 5.41 Å². The Morgan fingerprint density at radius 1 is 1.22 bits per heavy atom. The zero-order valence-corrected chi connectivity index (χ0v) is 9.93. The van der Waals surface area contributed by atoms with Crippen molar-refractivity contribution in [2.45, 2.75) is 18.8 Å². The Balaban J connectivity index is 2.46. The van der Waals surface area contributed by atoms with Gasteiger partial charge in [-0.05, 0) is 18.4 Å². The number of amidine groups is 1. The summed E-state index contributed by atoms with van der Waals surface area (Å²) in [5, 5.41) is 15.4. The van der Waals surface area contributed by atoms with Gasteiger partial charge >= 0.3 is 0 Å². The van der Waals surface area contributed by atoms with E-state index < -0.39 is 0 Å². The molecule has 0 spiro atoms. The van der Waals surface area contributed by atoms with Crippen molar-refractivity contribution in [2.75, 3.05) is 0 Å². The van der Waals surface area contributed by atoms with Gasteiger partial charge in [0.25, 0.3) is 0 Å². The minimum Gasteiger partial charge on any atom is -0.387 e. The minimum atomic E-state index is -0.0614. The molecular formula is C12H16N6. The van der Waals surface area contributed by atoms with Crippen molar-refractivity contribution >= 4 is 17.5 Å². The Bertz CT molecular complexity index is 527. The standard InChI is InChI=1S/C12H16N6/c13-11(14)9-5-6-10(17-18-12(15)16)8-4-2-1-3-7(8)9/h1-4,9H,5-6H2,(H3,13,14)(H4,15,16,18)/b17-10-. The summed E-state index contributed by atoms with van der Waals surface area (Å²) >= 11 is 0. The van der Waals surface area contributed by atoms with Crippen LogP contribution in [0.1, 0.15) is 29.9 Å². The van der Waals surface area contributed by atoms with Crippen LogP contribution in [-0.4, -0.2) is 17.5 Å². The summed E-state index contributed by atoms with van der Waals surface area (Å²) in [5.41, 5.74) is 19.0. The first kappa shape index (κ1) is 12.1. The first-order chi connectivity index (χ1) is 8.59. The number of rotatable bonds is 2. The smallest absolute Gasteiger partial charge is 0.211 e. The molecule has 0 aromatic heterocycles. The van der Waals surface area contributed by atoms with E-state index in [0.717, 1.165) is 23.3 Å². The lowest BCUT2D eigenvalue weighted by atomic mass is 9.81. The summed E-state index contributed by atoms with van der Waals surface area (Å²) < 4.78 is 0. The number of nitrogens with one attached hydrogen (secondary N) is 1. The van der Waals surface area contributed by atoms with Gasteiger partial charge in [0.05, 0.1) is 11.5 Å². The van der Waals surface area contributed by atoms with Crippen LogP contribution in [0.3, 0.4) is 0 Å². The molecule has 18 heavy (non-hydrogen) atoms. The Kier molecular flexibility index (Phi) is 3.27. The highest BCUT2D eigenvalue weighted by Gasteiger charge is 2.25. The molecular weight excluding hydrogens is 228 g/mol. The molecule has 2 rings (SSSR count). The van der Waals surface area contributed by atoms with Crippen LogP contribution in [0.15, 0.2) is 34.5 Å². The lowest BCUT2D eigenvalue weighted by molar-refractivity contribution is 0.765. The van der Waals surface area contributed by atoms with Crippen LogP contribution in [-0.2, 0) is 0 Å². The average molecular weight is 244 g/mol. The minimum absolute atomic E-state index is 0.0423. The molecule has 94 valence electrons. The van der Waals surface area contributed by atoms with Gasteiger partial charge in [-0.2, -0.15) is 5.10 Å². The summed E-state index contributed by atoms with van der Waals surface area (Å²) in [4.78, 5) is 0. The van der Waals surface area contributed by atoms with Gasteiger partial charge in [-0.25, -0.2) is 0 Å². The quantitative estimate of drug-likeness (QED) is 0.343. The molecule has 7 N–H and O–H groups in total. The topological polar surface area (TPSA) is 127 Å². The summed E-state index contributed by atoms with van der Waals surface area (Å²) in [6.45, 7) is 0. The summed E-state index contributed by atoms with van der Waals surface area (Å²) in [7, 11) is 0. The van der Waals surface area contributed by atoms with Crippen LogP contribution in [0.25, 0.3) is 0 Å². The first-order valence-electron chi connectivity index (χ1n) is 5.68. The van der Waals surface area contributed by atoms with Crippen LogP contribution in [0.5, 0.6) is 0 Å². The van der Waals surface area contributed by atoms with E-state index in [4.69, 9.17) is 22.6 Å². The van der Waals surface area contributed by atoms with Crippen molar-refractivity contribution in [3.05, 3.63) is 35.4 Å². The highest BCUT2D eigenvalue weighted by molar-refractivity contribution is 6.05. The molecule has 0 amide bonds. The van der Waals surface area contributed by atoms with E-state index in [-0.39, 0.29) is 17.7 Å². The van der Waals surface area contributed by atoms with E-state index in [1.165, 1.54) is 0 Å². The van der Waals surface area contributed by atoms with E-state index in [9.17, 15) is 0 Å². The highest BCUT2D eigenvalue weighted by Crippen LogP contribution is 2.31. The lowest BCUT2D eigenvalue weighted by Gasteiger charge is -2.25. The molecule has 0 saturated carbocycles. The number of nitrogens with zero attached hydrogens (tertiary/aromatic N) is 2. The molecule has 6 heteroatoms. The molecule has 1 aliphatic carbocycles. The molecule has 0 bridgehead atoms. The molecule has 1 atom stereocenters. The predicted molar refractivity (Wildman–Crippen MR) is 72.7 cm³/mol. The Morgan fingerprint density at radius 2 is 1.94 bits per heavy atom. The number of hydrogen-bond donors (Lipinski definition) is 4. The van der Waals surface area contributed by atoms with Gasteiger partial charge in [0.15, 0.2) is 0 Å². The molecule has 1 aromatic rings. The number of hydrogen-bond acceptors (Lipinski definition) is 3. The predicted octanol–water partition coefficient (Wildman–Crippen LogP) is 0.477. The zero-order valence-electron chi connectivity index (χ0n) is 9.93. The van der Waals surface area contributed by atoms with E-state index in [2.05, 4.69) is 10.2 Å². The van der Waals surface area contributed by atoms with E-state index in [0.29, 0.717) is 6.42 Å². The van der Waals surface area contributed by atoms with Gasteiger partial charge < -0.3 is 17.2 Å². The van der Waals surface area contributed by atoms with Gasteiger partial charge in [-0.1, -0.05) is 24.3 Å². The first-order valence-corrected chi connectivity index (χ1v) is 5.68. The maximum atomic E-state index is 7.63. The highest BCUT2D eigenvalue weighted by atomic mass is 15.3. The van der Waals surface area contributed by atoms with E-state index in [1.54, 1.807) is 0 Å². The van der Waals surface area contributed by atoms with Gasteiger partial charge in [0.2, 0.25) is 5.96 Å². The third kappa shape index (κ3) is 2.32. The Hall–Kier alpha value is -2.37. The molecule has 0 radical (unpaired) electrons. The van der Waals surface area contributed by atoms with Gasteiger partial charge in [0.1, 0.15) is 0 Å². The van der Waals surface area contributed by atoms with Crippen LogP contribution in [0.4, 0.5) is 0 Å². The lowest BCUT2D eigenvalue weighted by Crippen LogP contribution is -2.27. The van der Waals surface area contributed by atoms with Crippen LogP contribution in [0, 0.1) is 5.41 Å². The Labute approximate surface area is 105 Å². The fraction of sp³-hybridized carbons (Fsp3) is 0.250. The second kappa shape index (κ2) is 4.87. The molecule has 6 nitrogen and oxygen atoms in total. The van der Waals surface area contributed by atoms with Crippen molar-refractivity contribution in [1.82, 2.24) is 0 Å². The Morgan fingerprint density at radius 3 is 2.61 bits per heavy atom.